The van der Waals surface area contributed by atoms with E-state index in [1.165, 1.54) is 19.3 Å². The lowest BCUT2D eigenvalue weighted by Gasteiger charge is -2.36. The fourth-order valence-corrected chi connectivity index (χ4v) is 6.28. The Hall–Kier alpha value is -0.100. The molecule has 1 aliphatic carbocycles. The van der Waals surface area contributed by atoms with Crippen LogP contribution < -0.4 is 0 Å². The number of hydrogen-bond donors (Lipinski definition) is 0. The van der Waals surface area contributed by atoms with Crippen molar-refractivity contribution in [1.82, 2.24) is 4.31 Å². The summed E-state index contributed by atoms with van der Waals surface area (Å²) >= 11 is 7.00. The Morgan fingerprint density at radius 1 is 1.22 bits per heavy atom. The molecule has 0 N–H and O–H groups in total. The normalized spacial score (nSPS) is 26.4. The summed E-state index contributed by atoms with van der Waals surface area (Å²) in [6, 6.07) is 3.51. The van der Waals surface area contributed by atoms with E-state index in [4.69, 9.17) is 11.6 Å². The second-order valence-electron chi connectivity index (χ2n) is 5.07. The molecule has 0 aromatic carbocycles. The summed E-state index contributed by atoms with van der Waals surface area (Å²) in [4.78, 5) is 0. The van der Waals surface area contributed by atoms with Gasteiger partial charge >= 0.3 is 0 Å². The van der Waals surface area contributed by atoms with Crippen LogP contribution in [0.4, 0.5) is 0 Å². The standard InChI is InChI=1S/C12H16ClNO2S2/c13-11-6-7-12(17-11)18(15,16)14-8-2-5-10(14)9-3-1-4-9/h6-7,9-10H,1-5,8H2. The van der Waals surface area contributed by atoms with Crippen LogP contribution >= 0.6 is 22.9 Å². The molecular formula is C12H16ClNO2S2. The second kappa shape index (κ2) is 4.78. The summed E-state index contributed by atoms with van der Waals surface area (Å²) in [7, 11) is -3.32. The van der Waals surface area contributed by atoms with Crippen LogP contribution in [0.25, 0.3) is 0 Å². The zero-order chi connectivity index (χ0) is 12.8. The molecule has 1 aromatic heterocycles. The first kappa shape index (κ1) is 12.9. The van der Waals surface area contributed by atoms with Crippen molar-refractivity contribution in [3.8, 4) is 0 Å². The summed E-state index contributed by atoms with van der Waals surface area (Å²) in [5.41, 5.74) is 0. The topological polar surface area (TPSA) is 37.4 Å². The molecule has 0 bridgehead atoms. The lowest BCUT2D eigenvalue weighted by Crippen LogP contribution is -2.42. The maximum absolute atomic E-state index is 12.6. The van der Waals surface area contributed by atoms with E-state index in [2.05, 4.69) is 0 Å². The quantitative estimate of drug-likeness (QED) is 0.859. The summed E-state index contributed by atoms with van der Waals surface area (Å²) in [5, 5.41) is 0. The molecule has 1 unspecified atom stereocenters. The molecule has 3 rings (SSSR count). The summed E-state index contributed by atoms with van der Waals surface area (Å²) in [6.07, 6.45) is 5.62. The molecule has 2 aliphatic rings. The Kier molecular flexibility index (Phi) is 3.43. The highest BCUT2D eigenvalue weighted by molar-refractivity contribution is 7.91. The molecule has 1 saturated carbocycles. The lowest BCUT2D eigenvalue weighted by atomic mass is 9.79. The predicted octanol–water partition coefficient (Wildman–Crippen LogP) is 3.35. The SMILES string of the molecule is O=S(=O)(c1ccc(Cl)s1)N1CCCC1C1CCC1. The van der Waals surface area contributed by atoms with E-state index < -0.39 is 10.0 Å². The summed E-state index contributed by atoms with van der Waals surface area (Å²) in [5.74, 6) is 0.581. The molecule has 1 saturated heterocycles. The largest absolute Gasteiger partial charge is 0.252 e. The number of nitrogens with zero attached hydrogens (tertiary/aromatic N) is 1. The van der Waals surface area contributed by atoms with Gasteiger partial charge in [0.25, 0.3) is 10.0 Å². The third-order valence-corrected chi connectivity index (χ3v) is 7.68. The van der Waals surface area contributed by atoms with Gasteiger partial charge in [-0.25, -0.2) is 8.42 Å². The maximum atomic E-state index is 12.6. The first-order valence-corrected chi connectivity index (χ1v) is 8.99. The van der Waals surface area contributed by atoms with Gasteiger partial charge in [-0.15, -0.1) is 11.3 Å². The van der Waals surface area contributed by atoms with Crippen LogP contribution in [-0.4, -0.2) is 25.3 Å². The van der Waals surface area contributed by atoms with E-state index >= 15 is 0 Å². The Morgan fingerprint density at radius 3 is 2.56 bits per heavy atom. The van der Waals surface area contributed by atoms with Gasteiger partial charge in [0.1, 0.15) is 4.21 Å². The maximum Gasteiger partial charge on any atom is 0.252 e. The number of hydrogen-bond acceptors (Lipinski definition) is 3. The third-order valence-electron chi connectivity index (χ3n) is 4.05. The summed E-state index contributed by atoms with van der Waals surface area (Å²) in [6.45, 7) is 0.666. The van der Waals surface area contributed by atoms with Gasteiger partial charge in [-0.2, -0.15) is 4.31 Å². The second-order valence-corrected chi connectivity index (χ2v) is 8.91. The van der Waals surface area contributed by atoms with Crippen LogP contribution in [-0.2, 0) is 10.0 Å². The van der Waals surface area contributed by atoms with Crippen LogP contribution in [0.3, 0.4) is 0 Å². The van der Waals surface area contributed by atoms with Gasteiger partial charge in [0.05, 0.1) is 4.34 Å². The lowest BCUT2D eigenvalue weighted by molar-refractivity contribution is 0.192. The van der Waals surface area contributed by atoms with Crippen molar-refractivity contribution in [3.63, 3.8) is 0 Å². The minimum atomic E-state index is -3.32. The Morgan fingerprint density at radius 2 is 2.00 bits per heavy atom. The predicted molar refractivity (Wildman–Crippen MR) is 73.6 cm³/mol. The van der Waals surface area contributed by atoms with Crippen LogP contribution in [0.1, 0.15) is 32.1 Å². The van der Waals surface area contributed by atoms with E-state index in [0.29, 0.717) is 21.0 Å². The van der Waals surface area contributed by atoms with Crippen molar-refractivity contribution in [2.24, 2.45) is 5.92 Å². The van der Waals surface area contributed by atoms with Gasteiger partial charge in [0, 0.05) is 12.6 Å². The first-order chi connectivity index (χ1) is 8.59. The third kappa shape index (κ3) is 2.11. The number of sulfonamides is 1. The zero-order valence-corrected chi connectivity index (χ0v) is 12.4. The molecule has 6 heteroatoms. The Labute approximate surface area is 117 Å². The number of thiophene rings is 1. The summed E-state index contributed by atoms with van der Waals surface area (Å²) < 4.78 is 27.8. The molecule has 1 atom stereocenters. The van der Waals surface area contributed by atoms with E-state index in [0.717, 1.165) is 24.2 Å². The highest BCUT2D eigenvalue weighted by atomic mass is 35.5. The molecular weight excluding hydrogens is 290 g/mol. The Balaban J connectivity index is 1.88. The van der Waals surface area contributed by atoms with E-state index in [1.807, 2.05) is 0 Å². The van der Waals surface area contributed by atoms with E-state index in [1.54, 1.807) is 16.4 Å². The molecule has 1 aliphatic heterocycles. The molecule has 100 valence electrons. The van der Waals surface area contributed by atoms with Crippen molar-refractivity contribution in [2.75, 3.05) is 6.54 Å². The van der Waals surface area contributed by atoms with Gasteiger partial charge in [-0.1, -0.05) is 18.0 Å². The molecule has 3 nitrogen and oxygen atoms in total. The van der Waals surface area contributed by atoms with Gasteiger partial charge in [0.15, 0.2) is 0 Å². The van der Waals surface area contributed by atoms with Gasteiger partial charge in [0.2, 0.25) is 0 Å². The number of halogens is 1. The molecule has 1 aromatic rings. The highest BCUT2D eigenvalue weighted by Gasteiger charge is 2.41. The van der Waals surface area contributed by atoms with Crippen LogP contribution in [0.15, 0.2) is 16.3 Å². The minimum absolute atomic E-state index is 0.227. The average Bonchev–Trinajstić information content (AvgIpc) is 2.84. The first-order valence-electron chi connectivity index (χ1n) is 6.36. The minimum Gasteiger partial charge on any atom is -0.206 e. The molecule has 0 radical (unpaired) electrons. The van der Waals surface area contributed by atoms with Crippen LogP contribution in [0.5, 0.6) is 0 Å². The fourth-order valence-electron chi connectivity index (χ4n) is 2.91. The molecule has 0 spiro atoms. The van der Waals surface area contributed by atoms with Gasteiger partial charge in [-0.05, 0) is 43.7 Å². The molecule has 18 heavy (non-hydrogen) atoms. The van der Waals surface area contributed by atoms with Crippen molar-refractivity contribution in [3.05, 3.63) is 16.5 Å². The van der Waals surface area contributed by atoms with E-state index in [-0.39, 0.29) is 6.04 Å². The molecule has 2 heterocycles. The Bertz CT molecular complexity index is 536. The highest BCUT2D eigenvalue weighted by Crippen LogP contribution is 2.40. The van der Waals surface area contributed by atoms with Crippen LogP contribution in [0.2, 0.25) is 4.34 Å². The van der Waals surface area contributed by atoms with Gasteiger partial charge < -0.3 is 0 Å². The fraction of sp³-hybridized carbons (Fsp3) is 0.667. The monoisotopic (exact) mass is 305 g/mol. The zero-order valence-electron chi connectivity index (χ0n) is 10.0. The van der Waals surface area contributed by atoms with Crippen molar-refractivity contribution >= 4 is 33.0 Å². The van der Waals surface area contributed by atoms with Gasteiger partial charge in [-0.3, -0.25) is 0 Å². The van der Waals surface area contributed by atoms with E-state index in [9.17, 15) is 8.42 Å². The number of rotatable bonds is 3. The molecule has 0 amide bonds. The van der Waals surface area contributed by atoms with Crippen molar-refractivity contribution in [2.45, 2.75) is 42.4 Å². The average molecular weight is 306 g/mol. The smallest absolute Gasteiger partial charge is 0.206 e. The molecule has 2 fully saturated rings. The van der Waals surface area contributed by atoms with Crippen molar-refractivity contribution in [1.29, 1.82) is 0 Å². The van der Waals surface area contributed by atoms with Crippen molar-refractivity contribution < 1.29 is 8.42 Å². The van der Waals surface area contributed by atoms with Crippen LogP contribution in [0, 0.1) is 5.92 Å².